The second-order valence-electron chi connectivity index (χ2n) is 4.46. The highest BCUT2D eigenvalue weighted by Gasteiger charge is 2.11. The fourth-order valence-electron chi connectivity index (χ4n) is 1.49. The van der Waals surface area contributed by atoms with Crippen molar-refractivity contribution in [2.45, 2.75) is 12.8 Å². The van der Waals surface area contributed by atoms with Gasteiger partial charge in [0.2, 0.25) is 5.91 Å². The minimum absolute atomic E-state index is 0.0213. The van der Waals surface area contributed by atoms with Crippen molar-refractivity contribution in [3.8, 4) is 0 Å². The Labute approximate surface area is 159 Å². The van der Waals surface area contributed by atoms with Crippen LogP contribution in [0.1, 0.15) is 12.8 Å². The second kappa shape index (κ2) is 10.7. The zero-order chi connectivity index (χ0) is 18.1. The number of ether oxygens (including phenoxy) is 2. The van der Waals surface area contributed by atoms with Crippen LogP contribution in [0, 0.1) is 0 Å². The Morgan fingerprint density at radius 3 is 2.42 bits per heavy atom. The molecule has 132 valence electrons. The molecule has 1 amide bonds. The molecule has 24 heavy (non-hydrogen) atoms. The van der Waals surface area contributed by atoms with E-state index in [-0.39, 0.29) is 29.6 Å². The van der Waals surface area contributed by atoms with E-state index in [2.05, 4.69) is 10.6 Å². The Morgan fingerprint density at radius 1 is 1.08 bits per heavy atom. The third-order valence-corrected chi connectivity index (χ3v) is 3.86. The monoisotopic (exact) mass is 412 g/mol. The summed E-state index contributed by atoms with van der Waals surface area (Å²) < 4.78 is 9.58. The minimum Gasteiger partial charge on any atom is -0.463 e. The van der Waals surface area contributed by atoms with E-state index in [4.69, 9.17) is 56.5 Å². The van der Waals surface area contributed by atoms with E-state index in [0.29, 0.717) is 22.3 Å². The van der Waals surface area contributed by atoms with Gasteiger partial charge in [-0.05, 0) is 24.4 Å². The van der Waals surface area contributed by atoms with Gasteiger partial charge in [0.15, 0.2) is 5.11 Å². The third kappa shape index (κ3) is 7.63. The van der Waals surface area contributed by atoms with Crippen LogP contribution in [0.5, 0.6) is 0 Å². The molecule has 0 fully saturated rings. The molecule has 0 aliphatic heterocycles. The predicted molar refractivity (Wildman–Crippen MR) is 97.9 cm³/mol. The molecule has 2 N–H and O–H groups in total. The number of anilines is 1. The molecule has 1 rings (SSSR count). The topological polar surface area (TPSA) is 76.7 Å². The summed E-state index contributed by atoms with van der Waals surface area (Å²) in [7, 11) is 1.50. The van der Waals surface area contributed by atoms with Gasteiger partial charge >= 0.3 is 5.97 Å². The third-order valence-electron chi connectivity index (χ3n) is 2.62. The lowest BCUT2D eigenvalue weighted by molar-refractivity contribution is -0.146. The second-order valence-corrected chi connectivity index (χ2v) is 6.09. The van der Waals surface area contributed by atoms with Gasteiger partial charge in [0.05, 0.1) is 33.8 Å². The fourth-order valence-corrected chi connectivity index (χ4v) is 2.31. The zero-order valence-corrected chi connectivity index (χ0v) is 15.7. The van der Waals surface area contributed by atoms with E-state index < -0.39 is 11.9 Å². The summed E-state index contributed by atoms with van der Waals surface area (Å²) in [4.78, 5) is 23.1. The molecule has 0 unspecified atom stereocenters. The number of halogens is 3. The van der Waals surface area contributed by atoms with Crippen molar-refractivity contribution in [1.82, 2.24) is 5.32 Å². The Hall–Kier alpha value is -1.12. The number of thiocarbonyl (C=S) groups is 1. The molecule has 1 aromatic carbocycles. The number of esters is 1. The first kappa shape index (κ1) is 20.9. The van der Waals surface area contributed by atoms with Gasteiger partial charge in [-0.1, -0.05) is 34.8 Å². The van der Waals surface area contributed by atoms with E-state index in [1.165, 1.54) is 19.2 Å². The summed E-state index contributed by atoms with van der Waals surface area (Å²) in [6.07, 6.45) is -0.131. The molecule has 0 atom stereocenters. The summed E-state index contributed by atoms with van der Waals surface area (Å²) in [5.41, 5.74) is 0.398. The first-order valence-corrected chi connectivity index (χ1v) is 8.27. The predicted octanol–water partition coefficient (Wildman–Crippen LogP) is 3.43. The summed E-state index contributed by atoms with van der Waals surface area (Å²) in [5, 5.41) is 6.06. The number of methoxy groups -OCH3 is 1. The van der Waals surface area contributed by atoms with E-state index in [1.54, 1.807) is 0 Å². The Balaban J connectivity index is 2.41. The number of amides is 1. The van der Waals surface area contributed by atoms with Crippen LogP contribution in [0.3, 0.4) is 0 Å². The number of hydrogen-bond donors (Lipinski definition) is 2. The molecule has 0 radical (unpaired) electrons. The van der Waals surface area contributed by atoms with Crippen molar-refractivity contribution in [1.29, 1.82) is 0 Å². The Kier molecular flexibility index (Phi) is 9.31. The first-order valence-electron chi connectivity index (χ1n) is 6.73. The lowest BCUT2D eigenvalue weighted by Gasteiger charge is -2.11. The molecule has 0 aromatic heterocycles. The van der Waals surface area contributed by atoms with E-state index in [9.17, 15) is 9.59 Å². The van der Waals surface area contributed by atoms with Gasteiger partial charge in [0.1, 0.15) is 6.61 Å². The largest absolute Gasteiger partial charge is 0.463 e. The standard InChI is InChI=1S/C14H15Cl3N2O4S/c1-22-4-5-23-13(21)3-2-12(20)19-14(24)18-11-7-9(16)8(15)6-10(11)17/h6-7H,2-5H2,1H3,(H2,18,19,20,24). The number of rotatable bonds is 7. The summed E-state index contributed by atoms with van der Waals surface area (Å²) in [6, 6.07) is 2.94. The molecule has 0 spiro atoms. The molecular formula is C14H15Cl3N2O4S. The normalized spacial score (nSPS) is 10.2. The minimum atomic E-state index is -0.492. The Bertz CT molecular complexity index is 628. The molecule has 0 aliphatic carbocycles. The quantitative estimate of drug-likeness (QED) is 0.309. The number of nitrogens with one attached hydrogen (secondary N) is 2. The van der Waals surface area contributed by atoms with Crippen LogP contribution in [-0.2, 0) is 19.1 Å². The van der Waals surface area contributed by atoms with Crippen LogP contribution in [-0.4, -0.2) is 37.3 Å². The fraction of sp³-hybridized carbons (Fsp3) is 0.357. The van der Waals surface area contributed by atoms with Crippen molar-refractivity contribution in [3.63, 3.8) is 0 Å². The van der Waals surface area contributed by atoms with Crippen LogP contribution < -0.4 is 10.6 Å². The molecule has 0 aliphatic rings. The van der Waals surface area contributed by atoms with Crippen molar-refractivity contribution < 1.29 is 19.1 Å². The van der Waals surface area contributed by atoms with Gasteiger partial charge in [0.25, 0.3) is 0 Å². The van der Waals surface area contributed by atoms with Crippen molar-refractivity contribution in [2.75, 3.05) is 25.6 Å². The van der Waals surface area contributed by atoms with Gasteiger partial charge in [-0.3, -0.25) is 9.59 Å². The van der Waals surface area contributed by atoms with Gasteiger partial charge in [0, 0.05) is 13.5 Å². The van der Waals surface area contributed by atoms with Gasteiger partial charge < -0.3 is 20.1 Å². The summed E-state index contributed by atoms with van der Waals surface area (Å²) in [6.45, 7) is 0.448. The van der Waals surface area contributed by atoms with E-state index >= 15 is 0 Å². The molecule has 10 heteroatoms. The Morgan fingerprint density at radius 2 is 1.75 bits per heavy atom. The van der Waals surface area contributed by atoms with Crippen LogP contribution in [0.2, 0.25) is 15.1 Å². The summed E-state index contributed by atoms with van der Waals surface area (Å²) >= 11 is 22.7. The SMILES string of the molecule is COCCOC(=O)CCC(=O)NC(=S)Nc1cc(Cl)c(Cl)cc1Cl. The number of hydrogen-bond acceptors (Lipinski definition) is 5. The smallest absolute Gasteiger partial charge is 0.306 e. The molecule has 1 aromatic rings. The van der Waals surface area contributed by atoms with Crippen molar-refractivity contribution in [2.24, 2.45) is 0 Å². The van der Waals surface area contributed by atoms with Gasteiger partial charge in [-0.25, -0.2) is 0 Å². The number of carbonyl (C=O) groups is 2. The van der Waals surface area contributed by atoms with E-state index in [0.717, 1.165) is 0 Å². The molecule has 0 saturated carbocycles. The molecule has 0 bridgehead atoms. The highest BCUT2D eigenvalue weighted by atomic mass is 35.5. The van der Waals surface area contributed by atoms with E-state index in [1.807, 2.05) is 0 Å². The maximum absolute atomic E-state index is 11.7. The van der Waals surface area contributed by atoms with Gasteiger partial charge in [-0.15, -0.1) is 0 Å². The zero-order valence-electron chi connectivity index (χ0n) is 12.7. The highest BCUT2D eigenvalue weighted by molar-refractivity contribution is 7.80. The maximum Gasteiger partial charge on any atom is 0.306 e. The average Bonchev–Trinajstić information content (AvgIpc) is 2.51. The average molecular weight is 414 g/mol. The molecule has 6 nitrogen and oxygen atoms in total. The van der Waals surface area contributed by atoms with Crippen LogP contribution in [0.4, 0.5) is 5.69 Å². The molecule has 0 heterocycles. The van der Waals surface area contributed by atoms with Crippen LogP contribution >= 0.6 is 47.0 Å². The van der Waals surface area contributed by atoms with Crippen molar-refractivity contribution in [3.05, 3.63) is 27.2 Å². The van der Waals surface area contributed by atoms with Crippen LogP contribution in [0.25, 0.3) is 0 Å². The lowest BCUT2D eigenvalue weighted by atomic mass is 10.3. The number of carbonyl (C=O) groups excluding carboxylic acids is 2. The molecular weight excluding hydrogens is 399 g/mol. The highest BCUT2D eigenvalue weighted by Crippen LogP contribution is 2.32. The van der Waals surface area contributed by atoms with Gasteiger partial charge in [-0.2, -0.15) is 0 Å². The van der Waals surface area contributed by atoms with Crippen molar-refractivity contribution >= 4 is 69.7 Å². The number of benzene rings is 1. The summed E-state index contributed by atoms with van der Waals surface area (Å²) in [5.74, 6) is -0.930. The van der Waals surface area contributed by atoms with Crippen LogP contribution in [0.15, 0.2) is 12.1 Å². The lowest BCUT2D eigenvalue weighted by Crippen LogP contribution is -2.34. The molecule has 0 saturated heterocycles. The maximum atomic E-state index is 11.7. The first-order chi connectivity index (χ1) is 11.3.